The van der Waals surface area contributed by atoms with Gasteiger partial charge < -0.3 is 10.1 Å². The number of piperidine rings is 1. The first-order valence-electron chi connectivity index (χ1n) is 10.0. The molecule has 1 saturated heterocycles. The van der Waals surface area contributed by atoms with E-state index in [4.69, 9.17) is 4.74 Å². The van der Waals surface area contributed by atoms with E-state index in [1.807, 2.05) is 6.07 Å². The molecule has 0 saturated carbocycles. The second kappa shape index (κ2) is 8.45. The van der Waals surface area contributed by atoms with Gasteiger partial charge in [0.1, 0.15) is 16.0 Å². The molecular weight excluding hydrogens is 408 g/mol. The van der Waals surface area contributed by atoms with Crippen molar-refractivity contribution in [3.8, 4) is 5.75 Å². The van der Waals surface area contributed by atoms with Crippen LogP contribution in [0.3, 0.4) is 0 Å². The van der Waals surface area contributed by atoms with Crippen molar-refractivity contribution in [2.45, 2.75) is 54.8 Å². The predicted octanol–water partition coefficient (Wildman–Crippen LogP) is 2.97. The number of carbonyl (C=O) groups is 1. The summed E-state index contributed by atoms with van der Waals surface area (Å²) in [6.07, 6.45) is 4.69. The number of rotatable bonds is 5. The van der Waals surface area contributed by atoms with Crippen LogP contribution in [-0.4, -0.2) is 44.4 Å². The molecule has 0 spiro atoms. The molecule has 4 rings (SSSR count). The van der Waals surface area contributed by atoms with Gasteiger partial charge in [0.05, 0.1) is 7.11 Å². The lowest BCUT2D eigenvalue weighted by Gasteiger charge is -2.35. The van der Waals surface area contributed by atoms with Crippen LogP contribution in [0.2, 0.25) is 0 Å². The molecule has 2 unspecified atom stereocenters. The summed E-state index contributed by atoms with van der Waals surface area (Å²) in [5, 5.41) is 4.88. The molecule has 156 valence electrons. The predicted molar refractivity (Wildman–Crippen MR) is 113 cm³/mol. The summed E-state index contributed by atoms with van der Waals surface area (Å²) in [7, 11) is -1.97. The molecule has 1 aromatic heterocycles. The Kier molecular flexibility index (Phi) is 5.94. The number of ether oxygens (including phenoxy) is 1. The average molecular weight is 435 g/mol. The summed E-state index contributed by atoms with van der Waals surface area (Å²) in [6.45, 7) is 0.394. The lowest BCUT2D eigenvalue weighted by atomic mass is 9.88. The number of benzene rings is 1. The van der Waals surface area contributed by atoms with Crippen LogP contribution in [-0.2, 0) is 27.7 Å². The highest BCUT2D eigenvalue weighted by atomic mass is 32.2. The number of aryl methyl sites for hydroxylation is 1. The maximum atomic E-state index is 13.1. The number of amides is 1. The fourth-order valence-corrected chi connectivity index (χ4v) is 7.04. The van der Waals surface area contributed by atoms with Gasteiger partial charge in [-0.1, -0.05) is 18.6 Å². The summed E-state index contributed by atoms with van der Waals surface area (Å²) in [5.74, 6) is 0.676. The summed E-state index contributed by atoms with van der Waals surface area (Å²) in [6, 6.07) is 8.79. The second-order valence-electron chi connectivity index (χ2n) is 7.64. The van der Waals surface area contributed by atoms with Crippen LogP contribution in [0.1, 0.15) is 36.8 Å². The normalized spacial score (nSPS) is 22.7. The first-order valence-corrected chi connectivity index (χ1v) is 12.3. The van der Waals surface area contributed by atoms with Gasteiger partial charge in [-0.15, -0.1) is 11.3 Å². The van der Waals surface area contributed by atoms with E-state index in [2.05, 4.69) is 17.4 Å². The van der Waals surface area contributed by atoms with Gasteiger partial charge in [0.15, 0.2) is 0 Å². The Balaban J connectivity index is 1.47. The number of fused-ring (bicyclic) bond motifs is 1. The molecule has 29 heavy (non-hydrogen) atoms. The molecule has 6 nitrogen and oxygen atoms in total. The number of sulfonamides is 1. The number of nitrogens with one attached hydrogen (secondary N) is 1. The van der Waals surface area contributed by atoms with Crippen LogP contribution in [0.4, 0.5) is 0 Å². The van der Waals surface area contributed by atoms with Gasteiger partial charge >= 0.3 is 0 Å². The third-order valence-electron chi connectivity index (χ3n) is 5.80. The zero-order chi connectivity index (χ0) is 20.4. The minimum Gasteiger partial charge on any atom is -0.497 e. The highest BCUT2D eigenvalue weighted by molar-refractivity contribution is 7.91. The first-order chi connectivity index (χ1) is 14.0. The van der Waals surface area contributed by atoms with E-state index in [1.165, 1.54) is 26.8 Å². The zero-order valence-electron chi connectivity index (χ0n) is 16.5. The van der Waals surface area contributed by atoms with Crippen LogP contribution in [0.5, 0.6) is 5.75 Å². The molecule has 2 heterocycles. The lowest BCUT2D eigenvalue weighted by Crippen LogP contribution is -2.54. The Bertz CT molecular complexity index is 973. The fourth-order valence-electron chi connectivity index (χ4n) is 4.26. The molecule has 0 bridgehead atoms. The zero-order valence-corrected chi connectivity index (χ0v) is 18.1. The van der Waals surface area contributed by atoms with Gasteiger partial charge in [0, 0.05) is 12.6 Å². The molecule has 2 aromatic rings. The Morgan fingerprint density at radius 3 is 2.83 bits per heavy atom. The van der Waals surface area contributed by atoms with Gasteiger partial charge in [-0.05, 0) is 66.8 Å². The van der Waals surface area contributed by atoms with Crippen LogP contribution in [0.25, 0.3) is 0 Å². The molecule has 1 N–H and O–H groups in total. The van der Waals surface area contributed by atoms with Gasteiger partial charge in [0.25, 0.3) is 10.0 Å². The van der Waals surface area contributed by atoms with Crippen LogP contribution in [0, 0.1) is 0 Å². The molecular formula is C21H26N2O4S2. The van der Waals surface area contributed by atoms with Gasteiger partial charge in [0.2, 0.25) is 5.91 Å². The van der Waals surface area contributed by atoms with Crippen molar-refractivity contribution in [1.82, 2.24) is 9.62 Å². The highest BCUT2D eigenvalue weighted by Gasteiger charge is 2.38. The number of hydrogen-bond acceptors (Lipinski definition) is 5. The first kappa shape index (κ1) is 20.4. The van der Waals surface area contributed by atoms with Crippen LogP contribution < -0.4 is 10.1 Å². The van der Waals surface area contributed by atoms with E-state index in [0.717, 1.165) is 37.9 Å². The van der Waals surface area contributed by atoms with Crippen LogP contribution in [0.15, 0.2) is 39.9 Å². The van der Waals surface area contributed by atoms with Crippen molar-refractivity contribution in [1.29, 1.82) is 0 Å². The molecule has 8 heteroatoms. The maximum absolute atomic E-state index is 13.1. The fraction of sp³-hybridized carbons (Fsp3) is 0.476. The SMILES string of the molecule is COc1ccc2c(c1)CCC(NC(=O)C1CCCCN1S(=O)(=O)c1cccs1)C2. The van der Waals surface area contributed by atoms with E-state index in [0.29, 0.717) is 17.2 Å². The number of hydrogen-bond donors (Lipinski definition) is 1. The minimum atomic E-state index is -3.63. The molecule has 2 atom stereocenters. The van der Waals surface area contributed by atoms with Gasteiger partial charge in [-0.3, -0.25) is 4.79 Å². The summed E-state index contributed by atoms with van der Waals surface area (Å²) in [4.78, 5) is 13.1. The summed E-state index contributed by atoms with van der Waals surface area (Å²) in [5.41, 5.74) is 2.48. The molecule has 1 amide bonds. The van der Waals surface area contributed by atoms with Crippen molar-refractivity contribution in [2.24, 2.45) is 0 Å². The lowest BCUT2D eigenvalue weighted by molar-refractivity contribution is -0.126. The largest absolute Gasteiger partial charge is 0.497 e. The Labute approximate surface area is 175 Å². The Morgan fingerprint density at radius 2 is 2.07 bits per heavy atom. The smallest absolute Gasteiger partial charge is 0.253 e. The number of carbonyl (C=O) groups excluding carboxylic acids is 1. The Hall–Kier alpha value is -1.90. The van der Waals surface area contributed by atoms with E-state index in [-0.39, 0.29) is 11.9 Å². The summed E-state index contributed by atoms with van der Waals surface area (Å²) >= 11 is 1.20. The van der Waals surface area contributed by atoms with E-state index < -0.39 is 16.1 Å². The third-order valence-corrected chi connectivity index (χ3v) is 9.08. The van der Waals surface area contributed by atoms with E-state index in [9.17, 15) is 13.2 Å². The Morgan fingerprint density at radius 1 is 1.21 bits per heavy atom. The third kappa shape index (κ3) is 4.20. The molecule has 1 fully saturated rings. The number of thiophene rings is 1. The molecule has 1 aromatic carbocycles. The molecule has 2 aliphatic rings. The van der Waals surface area contributed by atoms with Crippen molar-refractivity contribution in [3.63, 3.8) is 0 Å². The molecule has 0 radical (unpaired) electrons. The molecule has 1 aliphatic heterocycles. The monoisotopic (exact) mass is 434 g/mol. The van der Waals surface area contributed by atoms with Crippen molar-refractivity contribution >= 4 is 27.3 Å². The van der Waals surface area contributed by atoms with E-state index >= 15 is 0 Å². The van der Waals surface area contributed by atoms with Gasteiger partial charge in [-0.25, -0.2) is 8.42 Å². The quantitative estimate of drug-likeness (QED) is 0.785. The second-order valence-corrected chi connectivity index (χ2v) is 10.7. The van der Waals surface area contributed by atoms with Crippen molar-refractivity contribution in [3.05, 3.63) is 46.8 Å². The average Bonchev–Trinajstić information content (AvgIpc) is 3.29. The summed E-state index contributed by atoms with van der Waals surface area (Å²) < 4.78 is 33.0. The minimum absolute atomic E-state index is 0.0246. The van der Waals surface area contributed by atoms with Crippen molar-refractivity contribution < 1.29 is 17.9 Å². The number of nitrogens with zero attached hydrogens (tertiary/aromatic N) is 1. The van der Waals surface area contributed by atoms with E-state index in [1.54, 1.807) is 24.6 Å². The highest BCUT2D eigenvalue weighted by Crippen LogP contribution is 2.29. The molecule has 1 aliphatic carbocycles. The number of methoxy groups -OCH3 is 1. The van der Waals surface area contributed by atoms with Crippen LogP contribution >= 0.6 is 11.3 Å². The van der Waals surface area contributed by atoms with Crippen molar-refractivity contribution in [2.75, 3.05) is 13.7 Å². The topological polar surface area (TPSA) is 75.7 Å². The maximum Gasteiger partial charge on any atom is 0.253 e. The van der Waals surface area contributed by atoms with Gasteiger partial charge in [-0.2, -0.15) is 4.31 Å². The standard InChI is InChI=1S/C21H26N2O4S2/c1-27-18-10-8-15-13-17(9-7-16(15)14-18)22-21(24)19-5-2-3-11-23(19)29(25,26)20-6-4-12-28-20/h4,6,8,10,12,14,17,19H,2-3,5,7,9,11,13H2,1H3,(H,22,24).